The SMILES string of the molecule is CC1OB(O)c2ccc(Oc3[nH]c(=O)c(C#N)cc3Cl)cc21. The van der Waals surface area contributed by atoms with E-state index in [1.54, 1.807) is 24.3 Å². The number of hydrogen-bond acceptors (Lipinski definition) is 5. The molecule has 1 unspecified atom stereocenters. The zero-order valence-corrected chi connectivity index (χ0v) is 12.2. The van der Waals surface area contributed by atoms with Crippen LogP contribution in [0.2, 0.25) is 5.02 Å². The van der Waals surface area contributed by atoms with Crippen LogP contribution >= 0.6 is 11.6 Å². The van der Waals surface area contributed by atoms with Gasteiger partial charge in [-0.15, -0.1) is 0 Å². The summed E-state index contributed by atoms with van der Waals surface area (Å²) in [6.45, 7) is 1.81. The lowest BCUT2D eigenvalue weighted by molar-refractivity contribution is 0.208. The minimum Gasteiger partial charge on any atom is -0.439 e. The second-order valence-electron chi connectivity index (χ2n) is 4.82. The average Bonchev–Trinajstić information content (AvgIpc) is 2.77. The highest BCUT2D eigenvalue weighted by atomic mass is 35.5. The van der Waals surface area contributed by atoms with E-state index < -0.39 is 12.7 Å². The number of benzene rings is 1. The molecule has 2 N–H and O–H groups in total. The molecule has 0 fully saturated rings. The van der Waals surface area contributed by atoms with Crippen molar-refractivity contribution >= 4 is 24.2 Å². The highest BCUT2D eigenvalue weighted by Gasteiger charge is 2.32. The summed E-state index contributed by atoms with van der Waals surface area (Å²) in [5.41, 5.74) is 0.822. The molecule has 8 heteroatoms. The molecule has 0 bridgehead atoms. The first-order chi connectivity index (χ1) is 10.5. The summed E-state index contributed by atoms with van der Waals surface area (Å²) in [6.07, 6.45) is -0.260. The van der Waals surface area contributed by atoms with Gasteiger partial charge in [-0.1, -0.05) is 17.7 Å². The van der Waals surface area contributed by atoms with Crippen LogP contribution in [0.25, 0.3) is 0 Å². The summed E-state index contributed by atoms with van der Waals surface area (Å²) in [5, 5.41) is 18.6. The van der Waals surface area contributed by atoms with Crippen LogP contribution in [0.3, 0.4) is 0 Å². The molecule has 1 aliphatic rings. The fourth-order valence-corrected chi connectivity index (χ4v) is 2.49. The number of nitriles is 1. The number of fused-ring (bicyclic) bond motifs is 1. The lowest BCUT2D eigenvalue weighted by Gasteiger charge is -2.10. The van der Waals surface area contributed by atoms with Crippen LogP contribution in [0.5, 0.6) is 11.6 Å². The van der Waals surface area contributed by atoms with Gasteiger partial charge in [-0.25, -0.2) is 0 Å². The second kappa shape index (κ2) is 5.50. The second-order valence-corrected chi connectivity index (χ2v) is 5.23. The monoisotopic (exact) mass is 316 g/mol. The maximum Gasteiger partial charge on any atom is 0.491 e. The molecule has 0 spiro atoms. The van der Waals surface area contributed by atoms with Gasteiger partial charge in [0.2, 0.25) is 5.88 Å². The molecule has 3 rings (SSSR count). The molecule has 0 saturated carbocycles. The summed E-state index contributed by atoms with van der Waals surface area (Å²) in [7, 11) is -0.947. The number of H-pyrrole nitrogens is 1. The molecule has 1 aromatic heterocycles. The Balaban J connectivity index is 1.95. The van der Waals surface area contributed by atoms with Crippen LogP contribution < -0.4 is 15.8 Å². The van der Waals surface area contributed by atoms with E-state index in [-0.39, 0.29) is 22.6 Å². The number of nitrogens with zero attached hydrogens (tertiary/aromatic N) is 1. The molecule has 1 aliphatic heterocycles. The maximum absolute atomic E-state index is 11.6. The molecule has 0 amide bonds. The summed E-state index contributed by atoms with van der Waals surface area (Å²) in [6, 6.07) is 8.03. The number of hydrogen-bond donors (Lipinski definition) is 2. The molecule has 6 nitrogen and oxygen atoms in total. The van der Waals surface area contributed by atoms with Crippen molar-refractivity contribution in [2.45, 2.75) is 13.0 Å². The third kappa shape index (κ3) is 2.48. The summed E-state index contributed by atoms with van der Waals surface area (Å²) in [4.78, 5) is 14.0. The Morgan fingerprint density at radius 3 is 3.00 bits per heavy atom. The van der Waals surface area contributed by atoms with Gasteiger partial charge in [0.15, 0.2) is 0 Å². The zero-order valence-electron chi connectivity index (χ0n) is 11.5. The van der Waals surface area contributed by atoms with Gasteiger partial charge in [-0.05, 0) is 36.1 Å². The van der Waals surface area contributed by atoms with Crippen molar-refractivity contribution in [2.75, 3.05) is 0 Å². The molecule has 110 valence electrons. The first-order valence-corrected chi connectivity index (χ1v) is 6.85. The number of ether oxygens (including phenoxy) is 1. The van der Waals surface area contributed by atoms with E-state index in [4.69, 9.17) is 26.3 Å². The third-order valence-corrected chi connectivity index (χ3v) is 3.68. The van der Waals surface area contributed by atoms with Crippen LogP contribution in [-0.4, -0.2) is 17.1 Å². The van der Waals surface area contributed by atoms with E-state index >= 15 is 0 Å². The molecule has 2 heterocycles. The van der Waals surface area contributed by atoms with Gasteiger partial charge in [0.05, 0.1) is 6.10 Å². The van der Waals surface area contributed by atoms with E-state index in [9.17, 15) is 9.82 Å². The van der Waals surface area contributed by atoms with Crippen molar-refractivity contribution < 1.29 is 14.4 Å². The van der Waals surface area contributed by atoms with Crippen LogP contribution in [0.15, 0.2) is 29.1 Å². The van der Waals surface area contributed by atoms with Crippen molar-refractivity contribution in [3.63, 3.8) is 0 Å². The number of aromatic amines is 1. The number of nitrogens with one attached hydrogen (secondary N) is 1. The van der Waals surface area contributed by atoms with Gasteiger partial charge in [0.25, 0.3) is 5.56 Å². The lowest BCUT2D eigenvalue weighted by Crippen LogP contribution is -2.27. The molecule has 1 aromatic carbocycles. The molecule has 0 aliphatic carbocycles. The Kier molecular flexibility index (Phi) is 3.67. The standard InChI is InChI=1S/C14H10BClN2O4/c1-7-10-5-9(2-3-11(10)15(20)22-7)21-14-12(16)4-8(6-17)13(19)18-14/h2-5,7,20H,1H3,(H,18,19). The van der Waals surface area contributed by atoms with E-state index in [1.165, 1.54) is 6.07 Å². The largest absolute Gasteiger partial charge is 0.491 e. The van der Waals surface area contributed by atoms with Crippen molar-refractivity contribution in [3.8, 4) is 17.7 Å². The summed E-state index contributed by atoms with van der Waals surface area (Å²) >= 11 is 5.99. The van der Waals surface area contributed by atoms with E-state index in [1.807, 2.05) is 6.92 Å². The minimum atomic E-state index is -0.947. The summed E-state index contributed by atoms with van der Waals surface area (Å²) in [5.74, 6) is 0.489. The Bertz CT molecular complexity index is 846. The number of rotatable bonds is 2. The summed E-state index contributed by atoms with van der Waals surface area (Å²) < 4.78 is 10.9. The third-order valence-electron chi connectivity index (χ3n) is 3.40. The Morgan fingerprint density at radius 2 is 2.27 bits per heavy atom. The van der Waals surface area contributed by atoms with Crippen molar-refractivity contribution in [1.82, 2.24) is 4.98 Å². The van der Waals surface area contributed by atoms with Gasteiger partial charge < -0.3 is 14.4 Å². The molecule has 2 aromatic rings. The van der Waals surface area contributed by atoms with Gasteiger partial charge in [-0.3, -0.25) is 9.78 Å². The Labute approximate surface area is 131 Å². The van der Waals surface area contributed by atoms with Crippen LogP contribution in [-0.2, 0) is 4.65 Å². The highest BCUT2D eigenvalue weighted by molar-refractivity contribution is 6.61. The number of aromatic nitrogens is 1. The molecule has 1 atom stereocenters. The molecule has 22 heavy (non-hydrogen) atoms. The Hall–Kier alpha value is -2.27. The van der Waals surface area contributed by atoms with Crippen LogP contribution in [0.4, 0.5) is 0 Å². The minimum absolute atomic E-state index is 0.0535. The van der Waals surface area contributed by atoms with Gasteiger partial charge >= 0.3 is 7.12 Å². The first-order valence-electron chi connectivity index (χ1n) is 6.47. The smallest absolute Gasteiger partial charge is 0.439 e. The van der Waals surface area contributed by atoms with Gasteiger partial charge in [-0.2, -0.15) is 5.26 Å². The van der Waals surface area contributed by atoms with E-state index in [2.05, 4.69) is 4.98 Å². The zero-order chi connectivity index (χ0) is 15.9. The van der Waals surface area contributed by atoms with Crippen LogP contribution in [0, 0.1) is 11.3 Å². The van der Waals surface area contributed by atoms with Gasteiger partial charge in [0, 0.05) is 0 Å². The Morgan fingerprint density at radius 1 is 1.50 bits per heavy atom. The molecule has 0 radical (unpaired) electrons. The molecular formula is C14H10BClN2O4. The van der Waals surface area contributed by atoms with E-state index in [0.29, 0.717) is 11.2 Å². The first kappa shape index (κ1) is 14.7. The van der Waals surface area contributed by atoms with Crippen molar-refractivity contribution in [3.05, 3.63) is 50.8 Å². The van der Waals surface area contributed by atoms with E-state index in [0.717, 1.165) is 5.56 Å². The van der Waals surface area contributed by atoms with Crippen molar-refractivity contribution in [1.29, 1.82) is 5.26 Å². The number of halogens is 1. The maximum atomic E-state index is 11.6. The fourth-order valence-electron chi connectivity index (χ4n) is 2.30. The predicted molar refractivity (Wildman–Crippen MR) is 80.4 cm³/mol. The van der Waals surface area contributed by atoms with Gasteiger partial charge in [0.1, 0.15) is 22.4 Å². The lowest BCUT2D eigenvalue weighted by atomic mass is 9.79. The quantitative estimate of drug-likeness (QED) is 0.818. The highest BCUT2D eigenvalue weighted by Crippen LogP contribution is 2.30. The van der Waals surface area contributed by atoms with Crippen LogP contribution in [0.1, 0.15) is 24.2 Å². The fraction of sp³-hybridized carbons (Fsp3) is 0.143. The molecule has 0 saturated heterocycles. The van der Waals surface area contributed by atoms with Crippen molar-refractivity contribution in [2.24, 2.45) is 0 Å². The average molecular weight is 317 g/mol. The normalized spacial score (nSPS) is 16.3. The molecular weight excluding hydrogens is 306 g/mol. The predicted octanol–water partition coefficient (Wildman–Crippen LogP) is 1.47. The topological polar surface area (TPSA) is 95.3 Å². The number of pyridine rings is 1.